The van der Waals surface area contributed by atoms with Crippen LogP contribution >= 0.6 is 0 Å². The van der Waals surface area contributed by atoms with E-state index in [4.69, 9.17) is 19.8 Å². The van der Waals surface area contributed by atoms with Gasteiger partial charge < -0.3 is 10.2 Å². The molecule has 0 atom stereocenters. The molecular weight excluding hydrogens is 425 g/mol. The zero-order chi connectivity index (χ0) is 23.6. The van der Waals surface area contributed by atoms with Crippen molar-refractivity contribution >= 4 is 11.9 Å². The zero-order valence-corrected chi connectivity index (χ0v) is 18.8. The Labute approximate surface area is 194 Å². The molecule has 178 valence electrons. The van der Waals surface area contributed by atoms with Gasteiger partial charge in [0, 0.05) is 50.9 Å². The highest BCUT2D eigenvalue weighted by Gasteiger charge is 2.27. The van der Waals surface area contributed by atoms with Gasteiger partial charge in [-0.25, -0.2) is 14.0 Å². The lowest BCUT2D eigenvalue weighted by atomic mass is 10.0. The molecule has 0 aliphatic carbocycles. The summed E-state index contributed by atoms with van der Waals surface area (Å²) < 4.78 is 13.9. The lowest BCUT2D eigenvalue weighted by molar-refractivity contribution is -0.159. The van der Waals surface area contributed by atoms with Gasteiger partial charge in [-0.1, -0.05) is 48.5 Å². The fraction of sp³-hybridized carbons (Fsp3) is 0.440. The van der Waals surface area contributed by atoms with Gasteiger partial charge in [0.15, 0.2) is 0 Å². The van der Waals surface area contributed by atoms with Crippen molar-refractivity contribution in [1.82, 2.24) is 14.7 Å². The van der Waals surface area contributed by atoms with Crippen LogP contribution in [0.4, 0.5) is 4.39 Å². The number of halogens is 1. The number of nitrogens with zero attached hydrogens (tertiary/aromatic N) is 3. The minimum Gasteiger partial charge on any atom is -0.473 e. The second-order valence-corrected chi connectivity index (χ2v) is 8.51. The smallest absolute Gasteiger partial charge is 0.414 e. The van der Waals surface area contributed by atoms with Gasteiger partial charge in [0.2, 0.25) is 0 Å². The fourth-order valence-electron chi connectivity index (χ4n) is 4.44. The number of hydrogen-bond acceptors (Lipinski definition) is 5. The number of rotatable bonds is 5. The molecule has 0 bridgehead atoms. The minimum absolute atomic E-state index is 0.0780. The van der Waals surface area contributed by atoms with Crippen LogP contribution in [0.25, 0.3) is 0 Å². The summed E-state index contributed by atoms with van der Waals surface area (Å²) in [5, 5.41) is 14.8. The Morgan fingerprint density at radius 2 is 1.30 bits per heavy atom. The lowest BCUT2D eigenvalue weighted by Crippen LogP contribution is -2.52. The predicted molar refractivity (Wildman–Crippen MR) is 123 cm³/mol. The molecule has 33 heavy (non-hydrogen) atoms. The molecule has 4 rings (SSSR count). The molecule has 0 amide bonds. The molecule has 2 heterocycles. The maximum absolute atomic E-state index is 13.9. The Morgan fingerprint density at radius 3 is 1.88 bits per heavy atom. The summed E-state index contributed by atoms with van der Waals surface area (Å²) in [4.78, 5) is 25.8. The van der Waals surface area contributed by atoms with Crippen molar-refractivity contribution in [1.29, 1.82) is 0 Å². The first-order valence-electron chi connectivity index (χ1n) is 11.3. The van der Waals surface area contributed by atoms with Gasteiger partial charge in [-0.2, -0.15) is 0 Å². The van der Waals surface area contributed by atoms with Crippen molar-refractivity contribution < 1.29 is 24.2 Å². The third kappa shape index (κ3) is 7.92. The first-order valence-corrected chi connectivity index (χ1v) is 11.3. The molecule has 0 radical (unpaired) electrons. The quantitative estimate of drug-likeness (QED) is 0.668. The highest BCUT2D eigenvalue weighted by atomic mass is 19.1. The molecule has 7 nitrogen and oxygen atoms in total. The average molecular weight is 458 g/mol. The van der Waals surface area contributed by atoms with Crippen molar-refractivity contribution in [2.75, 3.05) is 39.3 Å². The van der Waals surface area contributed by atoms with Gasteiger partial charge in [0.1, 0.15) is 5.82 Å². The minimum atomic E-state index is -1.82. The maximum atomic E-state index is 13.9. The van der Waals surface area contributed by atoms with E-state index in [9.17, 15) is 4.39 Å². The molecule has 2 aromatic rings. The van der Waals surface area contributed by atoms with Crippen LogP contribution in [0.3, 0.4) is 0 Å². The van der Waals surface area contributed by atoms with E-state index in [0.717, 1.165) is 44.8 Å². The monoisotopic (exact) mass is 457 g/mol. The predicted octanol–water partition coefficient (Wildman–Crippen LogP) is 2.76. The van der Waals surface area contributed by atoms with E-state index >= 15 is 0 Å². The summed E-state index contributed by atoms with van der Waals surface area (Å²) in [6.45, 7) is 8.48. The van der Waals surface area contributed by atoms with Crippen molar-refractivity contribution in [3.63, 3.8) is 0 Å². The summed E-state index contributed by atoms with van der Waals surface area (Å²) in [5.41, 5.74) is 2.23. The summed E-state index contributed by atoms with van der Waals surface area (Å²) in [7, 11) is 0. The van der Waals surface area contributed by atoms with E-state index in [0.29, 0.717) is 6.04 Å². The van der Waals surface area contributed by atoms with Gasteiger partial charge in [-0.15, -0.1) is 0 Å². The SMILES string of the molecule is Fc1ccccc1CN1CCN(C2CCN(Cc3ccccc3)CC2)CC1.O=C(O)C(=O)O. The number of piperidine rings is 1. The molecule has 2 aliphatic rings. The van der Waals surface area contributed by atoms with E-state index in [1.165, 1.54) is 31.5 Å². The Balaban J connectivity index is 0.000000454. The largest absolute Gasteiger partial charge is 0.473 e. The summed E-state index contributed by atoms with van der Waals surface area (Å²) in [6, 6.07) is 18.7. The molecule has 2 fully saturated rings. The number of likely N-dealkylation sites (tertiary alicyclic amines) is 1. The van der Waals surface area contributed by atoms with Crippen molar-refractivity contribution in [2.45, 2.75) is 32.0 Å². The second kappa shape index (κ2) is 12.4. The van der Waals surface area contributed by atoms with E-state index in [1.54, 1.807) is 12.1 Å². The van der Waals surface area contributed by atoms with Gasteiger partial charge in [0.25, 0.3) is 0 Å². The number of benzene rings is 2. The van der Waals surface area contributed by atoms with E-state index < -0.39 is 11.9 Å². The molecule has 0 unspecified atom stereocenters. The number of carboxylic acid groups (broad SMARTS) is 2. The molecule has 2 N–H and O–H groups in total. The summed E-state index contributed by atoms with van der Waals surface area (Å²) in [6.07, 6.45) is 2.53. The van der Waals surface area contributed by atoms with Gasteiger partial charge in [-0.3, -0.25) is 14.7 Å². The molecule has 2 aromatic carbocycles. The van der Waals surface area contributed by atoms with Crippen LogP contribution in [0.5, 0.6) is 0 Å². The summed E-state index contributed by atoms with van der Waals surface area (Å²) >= 11 is 0. The number of aliphatic carboxylic acids is 2. The number of carboxylic acids is 2. The van der Waals surface area contributed by atoms with Crippen LogP contribution < -0.4 is 0 Å². The maximum Gasteiger partial charge on any atom is 0.414 e. The molecule has 8 heteroatoms. The Bertz CT molecular complexity index is 884. The van der Waals surface area contributed by atoms with Crippen LogP contribution in [0, 0.1) is 5.82 Å². The third-order valence-corrected chi connectivity index (χ3v) is 6.26. The van der Waals surface area contributed by atoms with Crippen molar-refractivity contribution in [3.05, 3.63) is 71.5 Å². The molecule has 2 saturated heterocycles. The van der Waals surface area contributed by atoms with E-state index in [-0.39, 0.29) is 5.82 Å². The van der Waals surface area contributed by atoms with Crippen LogP contribution in [-0.2, 0) is 22.7 Å². The number of hydrogen-bond donors (Lipinski definition) is 2. The molecule has 2 aliphatic heterocycles. The highest BCUT2D eigenvalue weighted by Crippen LogP contribution is 2.21. The molecule has 0 aromatic heterocycles. The van der Waals surface area contributed by atoms with Crippen molar-refractivity contribution in [2.24, 2.45) is 0 Å². The lowest BCUT2D eigenvalue weighted by Gasteiger charge is -2.42. The molecule has 0 saturated carbocycles. The molecular formula is C25H32FN3O4. The second-order valence-electron chi connectivity index (χ2n) is 8.51. The normalized spacial score (nSPS) is 18.3. The van der Waals surface area contributed by atoms with Crippen LogP contribution in [-0.4, -0.2) is 82.2 Å². The van der Waals surface area contributed by atoms with Gasteiger partial charge in [0.05, 0.1) is 0 Å². The average Bonchev–Trinajstić information content (AvgIpc) is 2.83. The summed E-state index contributed by atoms with van der Waals surface area (Å²) in [5.74, 6) is -3.73. The highest BCUT2D eigenvalue weighted by molar-refractivity contribution is 6.27. The first-order chi connectivity index (χ1) is 15.9. The van der Waals surface area contributed by atoms with Crippen LogP contribution in [0.1, 0.15) is 24.0 Å². The Morgan fingerprint density at radius 1 is 0.758 bits per heavy atom. The van der Waals surface area contributed by atoms with Crippen molar-refractivity contribution in [3.8, 4) is 0 Å². The van der Waals surface area contributed by atoms with E-state index in [2.05, 4.69) is 45.0 Å². The van der Waals surface area contributed by atoms with Crippen LogP contribution in [0.15, 0.2) is 54.6 Å². The van der Waals surface area contributed by atoms with E-state index in [1.807, 2.05) is 12.1 Å². The number of piperazine rings is 1. The van der Waals surface area contributed by atoms with Crippen LogP contribution in [0.2, 0.25) is 0 Å². The topological polar surface area (TPSA) is 84.3 Å². The Hall–Kier alpha value is -2.81. The fourth-order valence-corrected chi connectivity index (χ4v) is 4.44. The van der Waals surface area contributed by atoms with Gasteiger partial charge >= 0.3 is 11.9 Å². The van der Waals surface area contributed by atoms with Gasteiger partial charge in [-0.05, 0) is 37.6 Å². The zero-order valence-electron chi connectivity index (χ0n) is 18.8. The molecule has 0 spiro atoms. The standard InChI is InChI=1S/C23H30FN3.C2H2O4/c24-23-9-5-4-8-21(23)19-26-14-16-27(17-15-26)22-10-12-25(13-11-22)18-20-6-2-1-3-7-20;3-1(4)2(5)6/h1-9,22H,10-19H2;(H,3,4)(H,5,6). The number of carbonyl (C=O) groups is 2. The Kier molecular flexibility index (Phi) is 9.35. The third-order valence-electron chi connectivity index (χ3n) is 6.26. The first kappa shape index (κ1) is 24.8.